The number of para-hydroxylation sites is 1. The number of aryl methyl sites for hydroxylation is 2. The number of nitrogens with one attached hydrogen (secondary N) is 1. The van der Waals surface area contributed by atoms with Gasteiger partial charge in [-0.1, -0.05) is 29.8 Å². The molecule has 120 valence electrons. The van der Waals surface area contributed by atoms with E-state index < -0.39 is 0 Å². The maximum Gasteiger partial charge on any atom is 0.294 e. The van der Waals surface area contributed by atoms with Gasteiger partial charge in [0.25, 0.3) is 5.56 Å². The number of hydrogen-bond acceptors (Lipinski definition) is 4. The van der Waals surface area contributed by atoms with Crippen LogP contribution in [-0.4, -0.2) is 9.97 Å². The largest absolute Gasteiger partial charge is 0.449 e. The van der Waals surface area contributed by atoms with E-state index in [1.807, 2.05) is 24.3 Å². The van der Waals surface area contributed by atoms with Crippen LogP contribution in [0.2, 0.25) is 0 Å². The second kappa shape index (κ2) is 5.83. The zero-order valence-electron chi connectivity index (χ0n) is 13.4. The van der Waals surface area contributed by atoms with Crippen molar-refractivity contribution in [3.8, 4) is 0 Å². The number of H-pyrrole nitrogens is 1. The van der Waals surface area contributed by atoms with Crippen molar-refractivity contribution < 1.29 is 4.42 Å². The molecule has 0 saturated carbocycles. The standard InChI is InChI=1S/C19H16N2O2S/c1-11-7-8-12(2)15(9-11)24-10-16-20-17-13-5-3-4-6-14(13)23-18(17)19(22)21-16/h3-9H,10H2,1-2H3,(H,20,21,22). The molecular formula is C19H16N2O2S. The van der Waals surface area contributed by atoms with Crippen molar-refractivity contribution in [3.05, 3.63) is 69.8 Å². The minimum atomic E-state index is -0.229. The number of furan rings is 1. The molecule has 0 aliphatic carbocycles. The summed E-state index contributed by atoms with van der Waals surface area (Å²) in [7, 11) is 0. The lowest BCUT2D eigenvalue weighted by molar-refractivity contribution is 0.660. The SMILES string of the molecule is Cc1ccc(C)c(SCc2nc3c(oc4ccccc43)c(=O)[nH]2)c1. The van der Waals surface area contributed by atoms with Gasteiger partial charge in [-0.2, -0.15) is 0 Å². The molecule has 0 unspecified atom stereocenters. The molecule has 1 N–H and O–H groups in total. The molecule has 0 saturated heterocycles. The van der Waals surface area contributed by atoms with Gasteiger partial charge in [-0.15, -0.1) is 11.8 Å². The molecule has 5 heteroatoms. The Morgan fingerprint density at radius 2 is 2.00 bits per heavy atom. The van der Waals surface area contributed by atoms with Crippen LogP contribution in [0.15, 0.2) is 56.6 Å². The third-order valence-corrected chi connectivity index (χ3v) is 5.16. The Kier molecular flexibility index (Phi) is 3.65. The van der Waals surface area contributed by atoms with Gasteiger partial charge in [-0.25, -0.2) is 4.98 Å². The molecule has 0 aliphatic rings. The first-order chi connectivity index (χ1) is 11.6. The highest BCUT2D eigenvalue weighted by Crippen LogP contribution is 2.28. The Labute approximate surface area is 142 Å². The Morgan fingerprint density at radius 3 is 2.88 bits per heavy atom. The summed E-state index contributed by atoms with van der Waals surface area (Å²) in [6.07, 6.45) is 0. The Morgan fingerprint density at radius 1 is 1.17 bits per heavy atom. The van der Waals surface area contributed by atoms with E-state index in [0.717, 1.165) is 5.39 Å². The molecule has 0 atom stereocenters. The first-order valence-corrected chi connectivity index (χ1v) is 8.71. The first kappa shape index (κ1) is 15.0. The lowest BCUT2D eigenvalue weighted by Crippen LogP contribution is -2.10. The molecule has 0 aliphatic heterocycles. The van der Waals surface area contributed by atoms with Crippen LogP contribution in [0.25, 0.3) is 22.1 Å². The van der Waals surface area contributed by atoms with Gasteiger partial charge in [0.05, 0.1) is 5.75 Å². The van der Waals surface area contributed by atoms with Crippen LogP contribution in [0, 0.1) is 13.8 Å². The monoisotopic (exact) mass is 336 g/mol. The van der Waals surface area contributed by atoms with Gasteiger partial charge in [-0.05, 0) is 37.6 Å². The van der Waals surface area contributed by atoms with Crippen molar-refractivity contribution in [2.24, 2.45) is 0 Å². The van der Waals surface area contributed by atoms with E-state index in [2.05, 4.69) is 42.0 Å². The molecule has 0 spiro atoms. The van der Waals surface area contributed by atoms with E-state index in [0.29, 0.717) is 22.7 Å². The lowest BCUT2D eigenvalue weighted by atomic mass is 10.2. The number of benzene rings is 2. The summed E-state index contributed by atoms with van der Waals surface area (Å²) in [6.45, 7) is 4.16. The number of fused-ring (bicyclic) bond motifs is 3. The van der Waals surface area contributed by atoms with E-state index in [1.165, 1.54) is 16.0 Å². The van der Waals surface area contributed by atoms with Gasteiger partial charge in [-0.3, -0.25) is 4.79 Å². The highest BCUT2D eigenvalue weighted by molar-refractivity contribution is 7.98. The van der Waals surface area contributed by atoms with Crippen LogP contribution < -0.4 is 5.56 Å². The smallest absolute Gasteiger partial charge is 0.294 e. The minimum Gasteiger partial charge on any atom is -0.449 e. The number of hydrogen-bond donors (Lipinski definition) is 1. The fourth-order valence-corrected chi connectivity index (χ4v) is 3.72. The maximum absolute atomic E-state index is 12.3. The van der Waals surface area contributed by atoms with Crippen molar-refractivity contribution in [3.63, 3.8) is 0 Å². The van der Waals surface area contributed by atoms with Crippen LogP contribution in [-0.2, 0) is 5.75 Å². The summed E-state index contributed by atoms with van der Waals surface area (Å²) in [6, 6.07) is 13.9. The van der Waals surface area contributed by atoms with E-state index >= 15 is 0 Å². The Bertz CT molecular complexity index is 1110. The number of aromatic nitrogens is 2. The lowest BCUT2D eigenvalue weighted by Gasteiger charge is -2.06. The van der Waals surface area contributed by atoms with Gasteiger partial charge in [0.15, 0.2) is 0 Å². The molecule has 0 amide bonds. The van der Waals surface area contributed by atoms with Gasteiger partial charge in [0, 0.05) is 10.3 Å². The van der Waals surface area contributed by atoms with Crippen molar-refractivity contribution in [2.75, 3.05) is 0 Å². The predicted molar refractivity (Wildman–Crippen MR) is 97.6 cm³/mol. The van der Waals surface area contributed by atoms with Gasteiger partial charge in [0.2, 0.25) is 5.58 Å². The van der Waals surface area contributed by atoms with Crippen molar-refractivity contribution >= 4 is 33.8 Å². The number of rotatable bonds is 3. The molecule has 0 fully saturated rings. The fourth-order valence-electron chi connectivity index (χ4n) is 2.72. The maximum atomic E-state index is 12.3. The summed E-state index contributed by atoms with van der Waals surface area (Å²) in [5.74, 6) is 1.26. The van der Waals surface area contributed by atoms with Crippen LogP contribution in [0.1, 0.15) is 17.0 Å². The Hall–Kier alpha value is -2.53. The zero-order valence-corrected chi connectivity index (χ0v) is 14.2. The molecule has 2 aromatic heterocycles. The molecular weight excluding hydrogens is 320 g/mol. The molecule has 24 heavy (non-hydrogen) atoms. The highest BCUT2D eigenvalue weighted by Gasteiger charge is 2.13. The summed E-state index contributed by atoms with van der Waals surface area (Å²) < 4.78 is 5.62. The number of aromatic amines is 1. The van der Waals surface area contributed by atoms with Crippen molar-refractivity contribution in [1.29, 1.82) is 0 Å². The fraction of sp³-hybridized carbons (Fsp3) is 0.158. The molecule has 2 aromatic carbocycles. The van der Waals surface area contributed by atoms with Crippen molar-refractivity contribution in [1.82, 2.24) is 9.97 Å². The number of nitrogens with zero attached hydrogens (tertiary/aromatic N) is 1. The van der Waals surface area contributed by atoms with Crippen molar-refractivity contribution in [2.45, 2.75) is 24.5 Å². The predicted octanol–water partition coefficient (Wildman–Crippen LogP) is 4.58. The van der Waals surface area contributed by atoms with E-state index in [-0.39, 0.29) is 11.1 Å². The third kappa shape index (κ3) is 2.61. The normalized spacial score (nSPS) is 11.4. The summed E-state index contributed by atoms with van der Waals surface area (Å²) in [4.78, 5) is 21.0. The second-order valence-electron chi connectivity index (χ2n) is 5.85. The average molecular weight is 336 g/mol. The average Bonchev–Trinajstić information content (AvgIpc) is 2.95. The van der Waals surface area contributed by atoms with E-state index in [9.17, 15) is 4.79 Å². The van der Waals surface area contributed by atoms with Crippen LogP contribution in [0.5, 0.6) is 0 Å². The summed E-state index contributed by atoms with van der Waals surface area (Å²) in [5.41, 5.74) is 3.82. The molecule has 0 bridgehead atoms. The summed E-state index contributed by atoms with van der Waals surface area (Å²) in [5, 5.41) is 0.872. The van der Waals surface area contributed by atoms with Gasteiger partial charge >= 0.3 is 0 Å². The van der Waals surface area contributed by atoms with E-state index in [1.54, 1.807) is 11.8 Å². The molecule has 4 rings (SSSR count). The highest BCUT2D eigenvalue weighted by atomic mass is 32.2. The van der Waals surface area contributed by atoms with Gasteiger partial charge in [0.1, 0.15) is 16.9 Å². The topological polar surface area (TPSA) is 58.9 Å². The van der Waals surface area contributed by atoms with Gasteiger partial charge < -0.3 is 9.40 Å². The molecule has 4 aromatic rings. The van der Waals surface area contributed by atoms with Crippen LogP contribution >= 0.6 is 11.8 Å². The second-order valence-corrected chi connectivity index (χ2v) is 6.86. The number of thioether (sulfide) groups is 1. The molecule has 4 nitrogen and oxygen atoms in total. The van der Waals surface area contributed by atoms with Crippen LogP contribution in [0.3, 0.4) is 0 Å². The summed E-state index contributed by atoms with van der Waals surface area (Å²) >= 11 is 1.68. The Balaban J connectivity index is 1.73. The molecule has 0 radical (unpaired) electrons. The van der Waals surface area contributed by atoms with E-state index in [4.69, 9.17) is 4.42 Å². The minimum absolute atomic E-state index is 0.229. The third-order valence-electron chi connectivity index (χ3n) is 3.99. The zero-order chi connectivity index (χ0) is 16.7. The van der Waals surface area contributed by atoms with Crippen LogP contribution in [0.4, 0.5) is 0 Å². The quantitative estimate of drug-likeness (QED) is 0.556. The first-order valence-electron chi connectivity index (χ1n) is 7.72. The molecule has 2 heterocycles.